The summed E-state index contributed by atoms with van der Waals surface area (Å²) in [5.74, 6) is -0.378. The van der Waals surface area contributed by atoms with Gasteiger partial charge in [-0.2, -0.15) is 0 Å². The first-order valence-corrected chi connectivity index (χ1v) is 8.00. The smallest absolute Gasteiger partial charge is 0.248 e. The molecule has 1 heterocycles. The lowest BCUT2D eigenvalue weighted by Gasteiger charge is -1.96. The van der Waals surface area contributed by atoms with Gasteiger partial charge in [-0.25, -0.2) is 0 Å². The molecule has 21 heavy (non-hydrogen) atoms. The molecular formula is C16H12BrIN2O. The number of hydrogen-bond donors (Lipinski definition) is 1. The minimum Gasteiger partial charge on any atom is -0.366 e. The predicted molar refractivity (Wildman–Crippen MR) is 97.1 cm³/mol. The number of pyridine rings is 1. The second-order valence-electron chi connectivity index (χ2n) is 4.18. The van der Waals surface area contributed by atoms with Crippen LogP contribution in [0.25, 0.3) is 10.9 Å². The maximum atomic E-state index is 10.5. The Morgan fingerprint density at radius 2 is 1.76 bits per heavy atom. The van der Waals surface area contributed by atoms with E-state index in [1.54, 1.807) is 18.3 Å². The van der Waals surface area contributed by atoms with Crippen molar-refractivity contribution in [2.24, 2.45) is 5.73 Å². The van der Waals surface area contributed by atoms with E-state index >= 15 is 0 Å². The minimum absolute atomic E-state index is 0.378. The zero-order valence-electron chi connectivity index (χ0n) is 11.0. The van der Waals surface area contributed by atoms with Crippen LogP contribution in [0.3, 0.4) is 0 Å². The zero-order valence-corrected chi connectivity index (χ0v) is 14.7. The van der Waals surface area contributed by atoms with Gasteiger partial charge in [-0.3, -0.25) is 9.78 Å². The molecule has 3 aromatic rings. The summed E-state index contributed by atoms with van der Waals surface area (Å²) in [5, 5.41) is 1.16. The number of amides is 1. The second kappa shape index (κ2) is 7.51. The number of rotatable bonds is 1. The summed E-state index contributed by atoms with van der Waals surface area (Å²) >= 11 is 5.62. The van der Waals surface area contributed by atoms with Crippen molar-refractivity contribution in [2.45, 2.75) is 0 Å². The van der Waals surface area contributed by atoms with Crippen molar-refractivity contribution in [3.05, 3.63) is 74.4 Å². The van der Waals surface area contributed by atoms with E-state index in [0.717, 1.165) is 18.9 Å². The van der Waals surface area contributed by atoms with Gasteiger partial charge in [-0.1, -0.05) is 28.1 Å². The summed E-state index contributed by atoms with van der Waals surface area (Å²) in [6, 6.07) is 17.1. The summed E-state index contributed by atoms with van der Waals surface area (Å²) in [5.41, 5.74) is 6.61. The van der Waals surface area contributed by atoms with E-state index in [-0.39, 0.29) is 5.91 Å². The highest BCUT2D eigenvalue weighted by Gasteiger charge is 1.96. The molecule has 0 bridgehead atoms. The summed E-state index contributed by atoms with van der Waals surface area (Å²) < 4.78 is 2.20. The third-order valence-corrected chi connectivity index (χ3v) is 4.13. The number of aromatic nitrogens is 1. The molecule has 106 valence electrons. The van der Waals surface area contributed by atoms with E-state index in [2.05, 4.69) is 43.5 Å². The molecule has 1 aromatic heterocycles. The van der Waals surface area contributed by atoms with Crippen LogP contribution in [-0.4, -0.2) is 10.9 Å². The Bertz CT molecular complexity index is 754. The van der Waals surface area contributed by atoms with Crippen molar-refractivity contribution in [1.29, 1.82) is 0 Å². The van der Waals surface area contributed by atoms with Gasteiger partial charge in [-0.15, -0.1) is 0 Å². The summed E-state index contributed by atoms with van der Waals surface area (Å²) in [6.45, 7) is 0. The third-order valence-electron chi connectivity index (χ3n) is 2.72. The second-order valence-corrected chi connectivity index (χ2v) is 6.28. The molecule has 0 atom stereocenters. The Morgan fingerprint density at radius 1 is 1.05 bits per heavy atom. The van der Waals surface area contributed by atoms with Gasteiger partial charge in [0.15, 0.2) is 0 Å². The summed E-state index contributed by atoms with van der Waals surface area (Å²) in [6.07, 6.45) is 1.80. The van der Waals surface area contributed by atoms with Gasteiger partial charge in [0.2, 0.25) is 5.91 Å². The van der Waals surface area contributed by atoms with Crippen LogP contribution in [0.15, 0.2) is 65.3 Å². The first kappa shape index (κ1) is 15.9. The SMILES string of the molecule is Brc1cccc2ncccc12.NC(=O)c1ccc(I)cc1. The van der Waals surface area contributed by atoms with Gasteiger partial charge in [0.1, 0.15) is 0 Å². The Balaban J connectivity index is 0.000000155. The number of fused-ring (bicyclic) bond motifs is 1. The van der Waals surface area contributed by atoms with Crippen molar-refractivity contribution in [3.8, 4) is 0 Å². The van der Waals surface area contributed by atoms with Crippen molar-refractivity contribution in [2.75, 3.05) is 0 Å². The molecule has 5 heteroatoms. The molecule has 0 aliphatic carbocycles. The lowest BCUT2D eigenvalue weighted by Crippen LogP contribution is -2.10. The first-order chi connectivity index (χ1) is 10.1. The summed E-state index contributed by atoms with van der Waals surface area (Å²) in [4.78, 5) is 14.7. The molecule has 0 fully saturated rings. The topological polar surface area (TPSA) is 56.0 Å². The highest BCUT2D eigenvalue weighted by molar-refractivity contribution is 14.1. The molecule has 0 aliphatic rings. The number of carbonyl (C=O) groups is 1. The van der Waals surface area contributed by atoms with E-state index < -0.39 is 0 Å². The fourth-order valence-electron chi connectivity index (χ4n) is 1.68. The number of halogens is 2. The lowest BCUT2D eigenvalue weighted by molar-refractivity contribution is 0.100. The fraction of sp³-hybridized carbons (Fsp3) is 0. The van der Waals surface area contributed by atoms with Gasteiger partial charge in [0, 0.05) is 25.2 Å². The van der Waals surface area contributed by atoms with Crippen molar-refractivity contribution in [1.82, 2.24) is 4.98 Å². The number of primary amides is 1. The van der Waals surface area contributed by atoms with Gasteiger partial charge >= 0.3 is 0 Å². The lowest BCUT2D eigenvalue weighted by atomic mass is 10.2. The van der Waals surface area contributed by atoms with E-state index in [9.17, 15) is 4.79 Å². The Labute approximate surface area is 144 Å². The molecule has 1 amide bonds. The number of hydrogen-bond acceptors (Lipinski definition) is 2. The Hall–Kier alpha value is -1.47. The zero-order chi connectivity index (χ0) is 15.2. The largest absolute Gasteiger partial charge is 0.366 e. The standard InChI is InChI=1S/C9H6BrN.C7H6INO/c10-8-4-1-5-9-7(8)3-2-6-11-9;8-6-3-1-5(2-4-6)7(9)10/h1-6H;1-4H,(H2,9,10). The van der Waals surface area contributed by atoms with Crippen LogP contribution in [-0.2, 0) is 0 Å². The van der Waals surface area contributed by atoms with Crippen molar-refractivity contribution in [3.63, 3.8) is 0 Å². The minimum atomic E-state index is -0.378. The molecule has 0 unspecified atom stereocenters. The molecule has 0 radical (unpaired) electrons. The van der Waals surface area contributed by atoms with Crippen molar-refractivity contribution < 1.29 is 4.79 Å². The molecule has 0 spiro atoms. The molecule has 0 saturated carbocycles. The number of benzene rings is 2. The van der Waals surface area contributed by atoms with Crippen LogP contribution in [0.5, 0.6) is 0 Å². The van der Waals surface area contributed by atoms with Crippen LogP contribution in [0.4, 0.5) is 0 Å². The number of nitrogens with zero attached hydrogens (tertiary/aromatic N) is 1. The molecular weight excluding hydrogens is 443 g/mol. The number of carbonyl (C=O) groups excluding carboxylic acids is 1. The Morgan fingerprint density at radius 3 is 2.38 bits per heavy atom. The van der Waals surface area contributed by atoms with E-state index in [4.69, 9.17) is 5.73 Å². The number of nitrogens with two attached hydrogens (primary N) is 1. The van der Waals surface area contributed by atoms with Gasteiger partial charge in [0.25, 0.3) is 0 Å². The highest BCUT2D eigenvalue weighted by atomic mass is 127. The molecule has 0 saturated heterocycles. The molecule has 3 rings (SSSR count). The van der Waals surface area contributed by atoms with Crippen LogP contribution in [0, 0.1) is 3.57 Å². The molecule has 2 aromatic carbocycles. The normalized spacial score (nSPS) is 9.81. The van der Waals surface area contributed by atoms with E-state index in [1.165, 1.54) is 0 Å². The highest BCUT2D eigenvalue weighted by Crippen LogP contribution is 2.20. The van der Waals surface area contributed by atoms with Crippen LogP contribution >= 0.6 is 38.5 Å². The maximum Gasteiger partial charge on any atom is 0.248 e. The monoisotopic (exact) mass is 454 g/mol. The van der Waals surface area contributed by atoms with E-state index in [0.29, 0.717) is 5.56 Å². The van der Waals surface area contributed by atoms with Gasteiger partial charge < -0.3 is 5.73 Å². The van der Waals surface area contributed by atoms with Crippen LogP contribution < -0.4 is 5.73 Å². The van der Waals surface area contributed by atoms with Crippen LogP contribution in [0.1, 0.15) is 10.4 Å². The molecule has 2 N–H and O–H groups in total. The summed E-state index contributed by atoms with van der Waals surface area (Å²) in [7, 11) is 0. The van der Waals surface area contributed by atoms with Gasteiger partial charge in [-0.05, 0) is 65.1 Å². The molecule has 3 nitrogen and oxygen atoms in total. The van der Waals surface area contributed by atoms with Crippen LogP contribution in [0.2, 0.25) is 0 Å². The fourth-order valence-corrected chi connectivity index (χ4v) is 2.53. The molecule has 0 aliphatic heterocycles. The quantitative estimate of drug-likeness (QED) is 0.554. The average molecular weight is 455 g/mol. The average Bonchev–Trinajstić information content (AvgIpc) is 2.49. The maximum absolute atomic E-state index is 10.5. The van der Waals surface area contributed by atoms with Gasteiger partial charge in [0.05, 0.1) is 5.52 Å². The first-order valence-electron chi connectivity index (χ1n) is 6.12. The Kier molecular flexibility index (Phi) is 5.69. The predicted octanol–water partition coefficient (Wildman–Crippen LogP) is 4.39. The van der Waals surface area contributed by atoms with Crippen molar-refractivity contribution >= 4 is 55.3 Å². The third kappa shape index (κ3) is 4.50. The van der Waals surface area contributed by atoms with E-state index in [1.807, 2.05) is 42.5 Å².